The van der Waals surface area contributed by atoms with Gasteiger partial charge in [0.15, 0.2) is 5.69 Å². The van der Waals surface area contributed by atoms with Crippen LogP contribution in [0.15, 0.2) is 6.20 Å². The topological polar surface area (TPSA) is 98.3 Å². The molecule has 0 aliphatic heterocycles. The zero-order valence-corrected chi connectivity index (χ0v) is 7.84. The van der Waals surface area contributed by atoms with Crippen molar-refractivity contribution in [1.29, 1.82) is 0 Å². The zero-order valence-electron chi connectivity index (χ0n) is 7.84. The maximum Gasteiger partial charge on any atom is 0.316 e. The Morgan fingerprint density at radius 1 is 1.69 bits per heavy atom. The molecule has 7 nitrogen and oxygen atoms in total. The van der Waals surface area contributed by atoms with Gasteiger partial charge >= 0.3 is 11.7 Å². The highest BCUT2D eigenvalue weighted by atomic mass is 19.3. The molecule has 1 N–H and O–H groups in total. The molecule has 1 aromatic rings. The summed E-state index contributed by atoms with van der Waals surface area (Å²) < 4.78 is 25.6. The number of alkyl halides is 2. The zero-order chi connectivity index (χ0) is 12.3. The fraction of sp³-hybridized carbons (Fsp3) is 0.429. The number of aryl methyl sites for hydroxylation is 1. The third-order valence-corrected chi connectivity index (χ3v) is 1.80. The van der Waals surface area contributed by atoms with Crippen molar-refractivity contribution in [3.8, 4) is 0 Å². The predicted molar refractivity (Wildman–Crippen MR) is 46.1 cm³/mol. The first-order valence-corrected chi connectivity index (χ1v) is 4.13. The first kappa shape index (κ1) is 12.0. The summed E-state index contributed by atoms with van der Waals surface area (Å²) in [6.45, 7) is -0.331. The lowest BCUT2D eigenvalue weighted by Crippen LogP contribution is -2.10. The molecule has 1 rings (SSSR count). The second-order valence-electron chi connectivity index (χ2n) is 2.84. The number of nitrogens with zero attached hydrogens (tertiary/aromatic N) is 3. The van der Waals surface area contributed by atoms with Crippen LogP contribution in [0.1, 0.15) is 18.5 Å². The predicted octanol–water partition coefficient (Wildman–Crippen LogP) is 1.20. The van der Waals surface area contributed by atoms with Crippen molar-refractivity contribution in [2.45, 2.75) is 19.4 Å². The Morgan fingerprint density at radius 3 is 2.75 bits per heavy atom. The van der Waals surface area contributed by atoms with Gasteiger partial charge in [-0.25, -0.2) is 8.78 Å². The van der Waals surface area contributed by atoms with Crippen molar-refractivity contribution in [3.05, 3.63) is 22.0 Å². The molecular weight excluding hydrogens is 228 g/mol. The molecule has 0 unspecified atom stereocenters. The van der Waals surface area contributed by atoms with Gasteiger partial charge in [-0.2, -0.15) is 5.10 Å². The quantitative estimate of drug-likeness (QED) is 0.610. The normalized spacial score (nSPS) is 10.7. The van der Waals surface area contributed by atoms with Crippen LogP contribution in [0, 0.1) is 10.1 Å². The Labute approximate surface area is 87.4 Å². The molecule has 0 aliphatic rings. The molecule has 9 heteroatoms. The number of hydrogen-bond donors (Lipinski definition) is 1. The molecule has 0 atom stereocenters. The van der Waals surface area contributed by atoms with Gasteiger partial charge in [0.05, 0.1) is 17.9 Å². The molecule has 1 aromatic heterocycles. The smallest absolute Gasteiger partial charge is 0.316 e. The lowest BCUT2D eigenvalue weighted by molar-refractivity contribution is -0.386. The van der Waals surface area contributed by atoms with E-state index in [2.05, 4.69) is 5.10 Å². The van der Waals surface area contributed by atoms with Crippen LogP contribution in [-0.2, 0) is 11.3 Å². The molecule has 0 fully saturated rings. The van der Waals surface area contributed by atoms with Crippen molar-refractivity contribution in [1.82, 2.24) is 9.78 Å². The van der Waals surface area contributed by atoms with Gasteiger partial charge < -0.3 is 5.11 Å². The first-order chi connectivity index (χ1) is 7.43. The number of carbonyl (C=O) groups is 1. The molecular formula is C7H7F2N3O4. The maximum atomic E-state index is 12.5. The van der Waals surface area contributed by atoms with Gasteiger partial charge in [-0.3, -0.25) is 19.6 Å². The van der Waals surface area contributed by atoms with Gasteiger partial charge in [0.1, 0.15) is 6.20 Å². The Kier molecular flexibility index (Phi) is 3.48. The number of aliphatic carboxylic acids is 1. The SMILES string of the molecule is O=C(O)CCn1ncc([N+](=O)[O-])c1C(F)F. The molecule has 0 spiro atoms. The molecule has 0 aromatic carbocycles. The minimum absolute atomic E-state index is 0.331. The molecule has 88 valence electrons. The summed E-state index contributed by atoms with van der Waals surface area (Å²) >= 11 is 0. The summed E-state index contributed by atoms with van der Waals surface area (Å²) in [4.78, 5) is 19.6. The Bertz CT molecular complexity index is 418. The Hall–Kier alpha value is -2.06. The van der Waals surface area contributed by atoms with E-state index < -0.39 is 35.1 Å². The molecule has 0 radical (unpaired) electrons. The van der Waals surface area contributed by atoms with Crippen LogP contribution in [0.5, 0.6) is 0 Å². The van der Waals surface area contributed by atoms with Crippen LogP contribution in [0.2, 0.25) is 0 Å². The lowest BCUT2D eigenvalue weighted by Gasteiger charge is -2.03. The van der Waals surface area contributed by atoms with Crippen LogP contribution in [0.4, 0.5) is 14.5 Å². The van der Waals surface area contributed by atoms with E-state index >= 15 is 0 Å². The van der Waals surface area contributed by atoms with Crippen molar-refractivity contribution in [2.75, 3.05) is 0 Å². The van der Waals surface area contributed by atoms with E-state index in [4.69, 9.17) is 5.11 Å². The highest BCUT2D eigenvalue weighted by Gasteiger charge is 2.27. The molecule has 0 aliphatic carbocycles. The number of nitro groups is 1. The summed E-state index contributed by atoms with van der Waals surface area (Å²) in [6, 6.07) is 0. The average Bonchev–Trinajstić information content (AvgIpc) is 2.57. The second-order valence-corrected chi connectivity index (χ2v) is 2.84. The van der Waals surface area contributed by atoms with E-state index in [9.17, 15) is 23.7 Å². The number of carboxylic acid groups (broad SMARTS) is 1. The van der Waals surface area contributed by atoms with Crippen molar-refractivity contribution >= 4 is 11.7 Å². The number of halogens is 2. The van der Waals surface area contributed by atoms with Gasteiger partial charge in [-0.05, 0) is 0 Å². The fourth-order valence-corrected chi connectivity index (χ4v) is 1.13. The second kappa shape index (κ2) is 4.64. The number of aromatic nitrogens is 2. The minimum atomic E-state index is -3.07. The molecule has 0 saturated heterocycles. The largest absolute Gasteiger partial charge is 0.481 e. The summed E-state index contributed by atoms with van der Waals surface area (Å²) in [5, 5.41) is 22.1. The number of rotatable bonds is 5. The first-order valence-electron chi connectivity index (χ1n) is 4.13. The fourth-order valence-electron chi connectivity index (χ4n) is 1.13. The highest BCUT2D eigenvalue weighted by molar-refractivity contribution is 5.66. The van der Waals surface area contributed by atoms with E-state index in [1.165, 1.54) is 0 Å². The van der Waals surface area contributed by atoms with Crippen molar-refractivity contribution in [3.63, 3.8) is 0 Å². The lowest BCUT2D eigenvalue weighted by atomic mass is 10.3. The summed E-state index contributed by atoms with van der Waals surface area (Å²) in [5.41, 5.74) is -1.67. The van der Waals surface area contributed by atoms with Crippen LogP contribution in [0.25, 0.3) is 0 Å². The van der Waals surface area contributed by atoms with Crippen LogP contribution >= 0.6 is 0 Å². The van der Waals surface area contributed by atoms with Gasteiger partial charge in [0.2, 0.25) is 0 Å². The van der Waals surface area contributed by atoms with E-state index in [1.807, 2.05) is 0 Å². The van der Waals surface area contributed by atoms with Crippen LogP contribution < -0.4 is 0 Å². The van der Waals surface area contributed by atoms with Crippen molar-refractivity contribution < 1.29 is 23.6 Å². The van der Waals surface area contributed by atoms with Gasteiger partial charge in [0, 0.05) is 0 Å². The molecule has 0 saturated carbocycles. The highest BCUT2D eigenvalue weighted by Crippen LogP contribution is 2.28. The standard InChI is InChI=1S/C7H7F2N3O4/c8-7(9)6-4(12(15)16)3-10-11(6)2-1-5(13)14/h3,7H,1-2H2,(H,13,14). The third kappa shape index (κ3) is 2.49. The monoisotopic (exact) mass is 235 g/mol. The molecule has 1 heterocycles. The number of carboxylic acids is 1. The summed E-state index contributed by atoms with van der Waals surface area (Å²) in [5.74, 6) is -1.20. The van der Waals surface area contributed by atoms with Crippen molar-refractivity contribution in [2.24, 2.45) is 0 Å². The van der Waals surface area contributed by atoms with E-state index in [1.54, 1.807) is 0 Å². The maximum absolute atomic E-state index is 12.5. The third-order valence-electron chi connectivity index (χ3n) is 1.80. The number of hydrogen-bond acceptors (Lipinski definition) is 4. The Balaban J connectivity index is 3.00. The molecule has 0 bridgehead atoms. The summed E-state index contributed by atoms with van der Waals surface area (Å²) in [6.07, 6.45) is -2.82. The van der Waals surface area contributed by atoms with E-state index in [0.717, 1.165) is 0 Å². The summed E-state index contributed by atoms with van der Waals surface area (Å²) in [7, 11) is 0. The van der Waals surface area contributed by atoms with E-state index in [0.29, 0.717) is 10.9 Å². The van der Waals surface area contributed by atoms with Gasteiger partial charge in [0.25, 0.3) is 6.43 Å². The van der Waals surface area contributed by atoms with Gasteiger partial charge in [-0.15, -0.1) is 0 Å². The molecule has 0 amide bonds. The van der Waals surface area contributed by atoms with Crippen LogP contribution in [-0.4, -0.2) is 25.8 Å². The molecule has 16 heavy (non-hydrogen) atoms. The average molecular weight is 235 g/mol. The van der Waals surface area contributed by atoms with Gasteiger partial charge in [-0.1, -0.05) is 0 Å². The van der Waals surface area contributed by atoms with Crippen LogP contribution in [0.3, 0.4) is 0 Å². The van der Waals surface area contributed by atoms with E-state index in [-0.39, 0.29) is 6.54 Å². The minimum Gasteiger partial charge on any atom is -0.481 e. The Morgan fingerprint density at radius 2 is 2.31 bits per heavy atom.